The van der Waals surface area contributed by atoms with Gasteiger partial charge in [-0.25, -0.2) is 4.98 Å². The summed E-state index contributed by atoms with van der Waals surface area (Å²) in [4.78, 5) is 29.3. The molecule has 0 fully saturated rings. The van der Waals surface area contributed by atoms with Crippen molar-refractivity contribution in [2.24, 2.45) is 7.05 Å². The van der Waals surface area contributed by atoms with Crippen molar-refractivity contribution in [3.63, 3.8) is 0 Å². The van der Waals surface area contributed by atoms with Crippen molar-refractivity contribution < 1.29 is 14.3 Å². The van der Waals surface area contributed by atoms with Crippen molar-refractivity contribution in [2.45, 2.75) is 0 Å². The van der Waals surface area contributed by atoms with Crippen LogP contribution in [-0.4, -0.2) is 39.7 Å². The standard InChI is InChI=1S/C13H13N5O3/c1-17-6-4-10(16-17)15-11(19)7-18-12(20)8-21-9-3-2-5-14-13(9)18/h2-6H,7-8H2,1H3,(H,15,16,19). The Bertz CT molecular complexity index is 697. The molecule has 0 radical (unpaired) electrons. The fourth-order valence-electron chi connectivity index (χ4n) is 2.00. The first-order valence-corrected chi connectivity index (χ1v) is 6.31. The smallest absolute Gasteiger partial charge is 0.266 e. The number of hydrogen-bond acceptors (Lipinski definition) is 5. The van der Waals surface area contributed by atoms with Crippen LogP contribution >= 0.6 is 0 Å². The minimum absolute atomic E-state index is 0.102. The van der Waals surface area contributed by atoms with Crippen molar-refractivity contribution in [1.82, 2.24) is 14.8 Å². The van der Waals surface area contributed by atoms with Gasteiger partial charge in [-0.15, -0.1) is 0 Å². The van der Waals surface area contributed by atoms with Crippen LogP contribution in [0.1, 0.15) is 0 Å². The number of ether oxygens (including phenoxy) is 1. The van der Waals surface area contributed by atoms with E-state index in [0.29, 0.717) is 17.4 Å². The van der Waals surface area contributed by atoms with Gasteiger partial charge < -0.3 is 10.1 Å². The van der Waals surface area contributed by atoms with E-state index < -0.39 is 0 Å². The summed E-state index contributed by atoms with van der Waals surface area (Å²) in [6.07, 6.45) is 3.26. The minimum Gasteiger partial charge on any atom is -0.480 e. The summed E-state index contributed by atoms with van der Waals surface area (Å²) in [7, 11) is 1.75. The van der Waals surface area contributed by atoms with Crippen LogP contribution in [0.25, 0.3) is 0 Å². The molecule has 1 aliphatic rings. The summed E-state index contributed by atoms with van der Waals surface area (Å²) in [6.45, 7) is -0.238. The third kappa shape index (κ3) is 2.69. The molecule has 1 N–H and O–H groups in total. The van der Waals surface area contributed by atoms with Gasteiger partial charge in [0.15, 0.2) is 24.0 Å². The molecule has 2 amide bonds. The van der Waals surface area contributed by atoms with E-state index in [1.165, 1.54) is 4.90 Å². The van der Waals surface area contributed by atoms with Gasteiger partial charge in [0.1, 0.15) is 6.54 Å². The van der Waals surface area contributed by atoms with Crippen molar-refractivity contribution in [3.05, 3.63) is 30.6 Å². The van der Waals surface area contributed by atoms with Crippen molar-refractivity contribution in [1.29, 1.82) is 0 Å². The first-order chi connectivity index (χ1) is 10.1. The van der Waals surface area contributed by atoms with Crippen LogP contribution in [-0.2, 0) is 16.6 Å². The van der Waals surface area contributed by atoms with Crippen molar-refractivity contribution in [2.75, 3.05) is 23.4 Å². The zero-order valence-corrected chi connectivity index (χ0v) is 11.3. The predicted octanol–water partition coefficient (Wildman–Crippen LogP) is 0.179. The largest absolute Gasteiger partial charge is 0.480 e. The van der Waals surface area contributed by atoms with Gasteiger partial charge in [-0.1, -0.05) is 0 Å². The topological polar surface area (TPSA) is 89.4 Å². The highest BCUT2D eigenvalue weighted by Crippen LogP contribution is 2.28. The lowest BCUT2D eigenvalue weighted by Gasteiger charge is -2.27. The number of nitrogens with one attached hydrogen (secondary N) is 1. The highest BCUT2D eigenvalue weighted by Gasteiger charge is 2.28. The summed E-state index contributed by atoms with van der Waals surface area (Å²) in [5.74, 6) is 0.620. The Hall–Kier alpha value is -2.90. The first kappa shape index (κ1) is 13.1. The summed E-state index contributed by atoms with van der Waals surface area (Å²) < 4.78 is 6.84. The maximum Gasteiger partial charge on any atom is 0.266 e. The Morgan fingerprint density at radius 2 is 2.33 bits per heavy atom. The van der Waals surface area contributed by atoms with E-state index in [1.54, 1.807) is 42.3 Å². The maximum absolute atomic E-state index is 12.0. The molecule has 0 unspecified atom stereocenters. The zero-order valence-electron chi connectivity index (χ0n) is 11.3. The van der Waals surface area contributed by atoms with Gasteiger partial charge in [0, 0.05) is 25.5 Å². The normalized spacial score (nSPS) is 13.6. The van der Waals surface area contributed by atoms with Crippen molar-refractivity contribution >= 4 is 23.5 Å². The monoisotopic (exact) mass is 287 g/mol. The molecule has 0 spiro atoms. The lowest BCUT2D eigenvalue weighted by atomic mass is 10.3. The molecule has 1 aliphatic heterocycles. The number of hydrogen-bond donors (Lipinski definition) is 1. The fourth-order valence-corrected chi connectivity index (χ4v) is 2.00. The summed E-state index contributed by atoms with van der Waals surface area (Å²) >= 11 is 0. The van der Waals surface area contributed by atoms with Gasteiger partial charge in [0.05, 0.1) is 0 Å². The molecule has 108 valence electrons. The van der Waals surface area contributed by atoms with Crippen LogP contribution in [0.15, 0.2) is 30.6 Å². The molecule has 3 rings (SSSR count). The molecule has 0 saturated heterocycles. The highest BCUT2D eigenvalue weighted by molar-refractivity contribution is 6.03. The molecule has 0 saturated carbocycles. The van der Waals surface area contributed by atoms with Crippen LogP contribution in [0.5, 0.6) is 5.75 Å². The molecule has 2 aromatic heterocycles. The first-order valence-electron chi connectivity index (χ1n) is 6.31. The molecule has 0 atom stereocenters. The molecule has 2 aromatic rings. The average molecular weight is 287 g/mol. The van der Waals surface area contributed by atoms with Crippen LogP contribution in [0.4, 0.5) is 11.6 Å². The lowest BCUT2D eigenvalue weighted by Crippen LogP contribution is -2.44. The van der Waals surface area contributed by atoms with E-state index in [9.17, 15) is 9.59 Å². The number of carbonyl (C=O) groups is 2. The van der Waals surface area contributed by atoms with E-state index in [0.717, 1.165) is 0 Å². The number of nitrogens with zero attached hydrogens (tertiary/aromatic N) is 4. The molecule has 21 heavy (non-hydrogen) atoms. The second-order valence-electron chi connectivity index (χ2n) is 4.52. The Balaban J connectivity index is 1.74. The van der Waals surface area contributed by atoms with Crippen LogP contribution in [0.3, 0.4) is 0 Å². The summed E-state index contributed by atoms with van der Waals surface area (Å²) in [5, 5.41) is 6.68. The number of aryl methyl sites for hydroxylation is 1. The third-order valence-electron chi connectivity index (χ3n) is 2.94. The van der Waals surface area contributed by atoms with Crippen molar-refractivity contribution in [3.8, 4) is 5.75 Å². The summed E-state index contributed by atoms with van der Waals surface area (Å²) in [5.41, 5.74) is 0. The number of carbonyl (C=O) groups excluding carboxylic acids is 2. The lowest BCUT2D eigenvalue weighted by molar-refractivity contribution is -0.123. The number of amides is 2. The third-order valence-corrected chi connectivity index (χ3v) is 2.94. The van der Waals surface area contributed by atoms with Gasteiger partial charge in [-0.3, -0.25) is 19.2 Å². The predicted molar refractivity (Wildman–Crippen MR) is 73.9 cm³/mol. The Morgan fingerprint density at radius 1 is 1.48 bits per heavy atom. The zero-order chi connectivity index (χ0) is 14.8. The SMILES string of the molecule is Cn1ccc(NC(=O)CN2C(=O)COc3cccnc32)n1. The molecule has 8 heteroatoms. The fraction of sp³-hybridized carbons (Fsp3) is 0.231. The van der Waals surface area contributed by atoms with E-state index in [4.69, 9.17) is 4.74 Å². The molecular formula is C13H13N5O3. The van der Waals surface area contributed by atoms with Gasteiger partial charge in [-0.2, -0.15) is 5.10 Å². The second kappa shape index (κ2) is 5.23. The Labute approximate surface area is 120 Å². The van der Waals surface area contributed by atoms with Gasteiger partial charge in [-0.05, 0) is 12.1 Å². The van der Waals surface area contributed by atoms with Gasteiger partial charge >= 0.3 is 0 Å². The summed E-state index contributed by atoms with van der Waals surface area (Å²) in [6, 6.07) is 5.09. The highest BCUT2D eigenvalue weighted by atomic mass is 16.5. The van der Waals surface area contributed by atoms with Crippen LogP contribution in [0.2, 0.25) is 0 Å². The van der Waals surface area contributed by atoms with Crippen LogP contribution < -0.4 is 15.0 Å². The molecule has 0 aromatic carbocycles. The number of pyridine rings is 1. The van der Waals surface area contributed by atoms with E-state index in [-0.39, 0.29) is 25.0 Å². The van der Waals surface area contributed by atoms with E-state index in [1.807, 2.05) is 0 Å². The molecular weight excluding hydrogens is 274 g/mol. The van der Waals surface area contributed by atoms with Crippen LogP contribution in [0, 0.1) is 0 Å². The number of rotatable bonds is 3. The number of anilines is 2. The molecule has 8 nitrogen and oxygen atoms in total. The van der Waals surface area contributed by atoms with Gasteiger partial charge in [0.2, 0.25) is 5.91 Å². The van der Waals surface area contributed by atoms with E-state index in [2.05, 4.69) is 15.4 Å². The Kier molecular flexibility index (Phi) is 3.27. The average Bonchev–Trinajstić information content (AvgIpc) is 2.87. The molecule has 3 heterocycles. The number of aromatic nitrogens is 3. The minimum atomic E-state index is -0.347. The number of fused-ring (bicyclic) bond motifs is 1. The van der Waals surface area contributed by atoms with E-state index >= 15 is 0 Å². The quantitative estimate of drug-likeness (QED) is 0.869. The maximum atomic E-state index is 12.0. The van der Waals surface area contributed by atoms with Gasteiger partial charge in [0.25, 0.3) is 5.91 Å². The second-order valence-corrected chi connectivity index (χ2v) is 4.52. The Morgan fingerprint density at radius 3 is 3.10 bits per heavy atom. The molecule has 0 bridgehead atoms. The molecule has 0 aliphatic carbocycles.